The van der Waals surface area contributed by atoms with Crippen molar-refractivity contribution < 1.29 is 23.9 Å². The van der Waals surface area contributed by atoms with Crippen molar-refractivity contribution in [1.82, 2.24) is 24.3 Å². The van der Waals surface area contributed by atoms with Gasteiger partial charge in [0.2, 0.25) is 6.41 Å². The van der Waals surface area contributed by atoms with Crippen LogP contribution in [0.2, 0.25) is 0 Å². The second kappa shape index (κ2) is 12.9. The van der Waals surface area contributed by atoms with Gasteiger partial charge in [-0.15, -0.1) is 11.3 Å². The molecule has 1 saturated heterocycles. The predicted molar refractivity (Wildman–Crippen MR) is 152 cm³/mol. The van der Waals surface area contributed by atoms with Gasteiger partial charge >= 0.3 is 0 Å². The lowest BCUT2D eigenvalue weighted by atomic mass is 10.1. The number of carbonyl (C=O) groups is 4. The summed E-state index contributed by atoms with van der Waals surface area (Å²) in [5, 5.41) is 11.3. The Balaban J connectivity index is 1.40. The smallest absolute Gasteiger partial charge is 0.274 e. The molecule has 1 aliphatic heterocycles. The van der Waals surface area contributed by atoms with Crippen LogP contribution in [0.15, 0.2) is 24.5 Å². The highest BCUT2D eigenvalue weighted by atomic mass is 32.1. The van der Waals surface area contributed by atoms with Gasteiger partial charge in [0.25, 0.3) is 17.7 Å². The molecule has 40 heavy (non-hydrogen) atoms. The quantitative estimate of drug-likeness (QED) is 0.258. The van der Waals surface area contributed by atoms with Gasteiger partial charge in [0.15, 0.2) is 5.13 Å². The van der Waals surface area contributed by atoms with Crippen LogP contribution < -0.4 is 21.3 Å². The molecule has 4 N–H and O–H groups in total. The summed E-state index contributed by atoms with van der Waals surface area (Å²) >= 11 is 1.27. The van der Waals surface area contributed by atoms with Gasteiger partial charge in [-0.25, -0.2) is 4.98 Å². The Hall–Kier alpha value is -4.01. The molecular formula is C26H34N8O5S. The highest BCUT2D eigenvalue weighted by Crippen LogP contribution is 2.30. The molecule has 0 spiro atoms. The number of amides is 4. The second-order valence-electron chi connectivity index (χ2n) is 9.72. The summed E-state index contributed by atoms with van der Waals surface area (Å²) < 4.78 is 8.53. The van der Waals surface area contributed by atoms with Crippen LogP contribution in [0.1, 0.15) is 56.1 Å². The average Bonchev–Trinajstić information content (AvgIpc) is 3.61. The minimum Gasteiger partial charge on any atom is -0.379 e. The first kappa shape index (κ1) is 29.0. The van der Waals surface area contributed by atoms with Crippen LogP contribution in [-0.2, 0) is 23.6 Å². The van der Waals surface area contributed by atoms with E-state index in [0.29, 0.717) is 59.8 Å². The molecule has 0 saturated carbocycles. The van der Waals surface area contributed by atoms with Gasteiger partial charge in [-0.05, 0) is 18.1 Å². The number of morpholine rings is 1. The number of nitrogens with zero attached hydrogens (tertiary/aromatic N) is 4. The minimum atomic E-state index is -0.428. The number of thiazole rings is 1. The zero-order chi connectivity index (χ0) is 28.8. The minimum absolute atomic E-state index is 0.0414. The van der Waals surface area contributed by atoms with Crippen molar-refractivity contribution in [3.63, 3.8) is 0 Å². The molecule has 14 heteroatoms. The third-order valence-electron chi connectivity index (χ3n) is 6.39. The Morgan fingerprint density at radius 3 is 2.27 bits per heavy atom. The summed E-state index contributed by atoms with van der Waals surface area (Å²) in [7, 11) is 3.38. The molecule has 0 aromatic carbocycles. The molecule has 4 amide bonds. The van der Waals surface area contributed by atoms with Crippen molar-refractivity contribution in [3.05, 3.63) is 46.5 Å². The normalized spacial score (nSPS) is 13.7. The number of nitrogens with one attached hydrogen (secondary N) is 4. The second-order valence-corrected chi connectivity index (χ2v) is 10.7. The number of aryl methyl sites for hydroxylation is 2. The topological polar surface area (TPSA) is 152 Å². The van der Waals surface area contributed by atoms with E-state index in [1.54, 1.807) is 47.8 Å². The van der Waals surface area contributed by atoms with Crippen molar-refractivity contribution in [2.45, 2.75) is 19.8 Å². The third kappa shape index (κ3) is 6.94. The van der Waals surface area contributed by atoms with E-state index in [2.05, 4.69) is 31.2 Å². The van der Waals surface area contributed by atoms with E-state index in [1.807, 2.05) is 13.8 Å². The average molecular weight is 571 g/mol. The van der Waals surface area contributed by atoms with Crippen LogP contribution >= 0.6 is 11.3 Å². The Morgan fingerprint density at radius 2 is 1.62 bits per heavy atom. The van der Waals surface area contributed by atoms with Gasteiger partial charge in [-0.2, -0.15) is 0 Å². The van der Waals surface area contributed by atoms with Gasteiger partial charge in [-0.3, -0.25) is 29.4 Å². The lowest BCUT2D eigenvalue weighted by Gasteiger charge is -2.26. The fraction of sp³-hybridized carbons (Fsp3) is 0.423. The Kier molecular flexibility index (Phi) is 9.34. The fourth-order valence-electron chi connectivity index (χ4n) is 4.33. The highest BCUT2D eigenvalue weighted by Gasteiger charge is 2.23. The maximum atomic E-state index is 13.1. The highest BCUT2D eigenvalue weighted by molar-refractivity contribution is 7.16. The Labute approximate surface area is 235 Å². The molecule has 4 rings (SSSR count). The Bertz CT molecular complexity index is 1390. The van der Waals surface area contributed by atoms with Crippen LogP contribution in [-0.4, -0.2) is 82.5 Å². The lowest BCUT2D eigenvalue weighted by molar-refractivity contribution is -0.105. The van der Waals surface area contributed by atoms with Crippen LogP contribution in [0.25, 0.3) is 0 Å². The predicted octanol–water partition coefficient (Wildman–Crippen LogP) is 2.08. The van der Waals surface area contributed by atoms with Crippen molar-refractivity contribution in [3.8, 4) is 0 Å². The number of anilines is 3. The van der Waals surface area contributed by atoms with E-state index in [4.69, 9.17) is 4.74 Å². The maximum Gasteiger partial charge on any atom is 0.274 e. The molecule has 4 heterocycles. The van der Waals surface area contributed by atoms with Crippen LogP contribution in [0, 0.1) is 0 Å². The fourth-order valence-corrected chi connectivity index (χ4v) is 5.29. The van der Waals surface area contributed by atoms with Crippen LogP contribution in [0.4, 0.5) is 16.5 Å². The molecule has 0 radical (unpaired) electrons. The molecule has 1 aliphatic rings. The van der Waals surface area contributed by atoms with Gasteiger partial charge in [0.1, 0.15) is 17.1 Å². The van der Waals surface area contributed by atoms with Crippen molar-refractivity contribution in [1.29, 1.82) is 0 Å². The first-order chi connectivity index (χ1) is 19.2. The van der Waals surface area contributed by atoms with E-state index >= 15 is 0 Å². The van der Waals surface area contributed by atoms with E-state index in [0.717, 1.165) is 24.5 Å². The summed E-state index contributed by atoms with van der Waals surface area (Å²) in [5.74, 6) is -1.06. The van der Waals surface area contributed by atoms with E-state index < -0.39 is 11.8 Å². The van der Waals surface area contributed by atoms with Crippen LogP contribution in [0.3, 0.4) is 0 Å². The molecule has 3 aromatic heterocycles. The van der Waals surface area contributed by atoms with Crippen molar-refractivity contribution in [2.75, 3.05) is 55.3 Å². The Morgan fingerprint density at radius 1 is 1.00 bits per heavy atom. The summed E-state index contributed by atoms with van der Waals surface area (Å²) in [5.41, 5.74) is 1.85. The van der Waals surface area contributed by atoms with Crippen molar-refractivity contribution >= 4 is 52.0 Å². The molecule has 0 aliphatic carbocycles. The standard InChI is InChI=1S/C26H34N8O5S/c1-16(2)22-21(25(38)27-5-6-34-7-9-39-10-8-34)30-26(40-22)31-24(37)20-12-18(14-33(20)4)29-23(36)19-11-17(28-15-35)13-32(19)3/h11-16H,5-10H2,1-4H3,(H,27,38)(H,28,35)(H,29,36)(H,30,31,37). The van der Waals surface area contributed by atoms with Gasteiger partial charge in [0, 0.05) is 57.5 Å². The first-order valence-electron chi connectivity index (χ1n) is 12.9. The molecule has 0 bridgehead atoms. The third-order valence-corrected chi connectivity index (χ3v) is 7.66. The van der Waals surface area contributed by atoms with E-state index in [-0.39, 0.29) is 11.8 Å². The lowest BCUT2D eigenvalue weighted by Crippen LogP contribution is -2.41. The summed E-state index contributed by atoms with van der Waals surface area (Å²) in [6.45, 7) is 8.25. The maximum absolute atomic E-state index is 13.1. The molecule has 0 atom stereocenters. The summed E-state index contributed by atoms with van der Waals surface area (Å²) in [6, 6.07) is 3.10. The summed E-state index contributed by atoms with van der Waals surface area (Å²) in [4.78, 5) is 56.9. The number of ether oxygens (including phenoxy) is 1. The number of hydrogen-bond donors (Lipinski definition) is 4. The first-order valence-corrected chi connectivity index (χ1v) is 13.7. The monoisotopic (exact) mass is 570 g/mol. The van der Waals surface area contributed by atoms with Crippen molar-refractivity contribution in [2.24, 2.45) is 14.1 Å². The molecule has 1 fully saturated rings. The van der Waals surface area contributed by atoms with E-state index in [1.165, 1.54) is 11.3 Å². The van der Waals surface area contributed by atoms with Gasteiger partial charge in [-0.1, -0.05) is 13.8 Å². The molecule has 214 valence electrons. The van der Waals surface area contributed by atoms with Crippen LogP contribution in [0.5, 0.6) is 0 Å². The number of aromatic nitrogens is 3. The molecular weight excluding hydrogens is 536 g/mol. The van der Waals surface area contributed by atoms with E-state index in [9.17, 15) is 19.2 Å². The molecule has 3 aromatic rings. The number of hydrogen-bond acceptors (Lipinski definition) is 8. The van der Waals surface area contributed by atoms with Gasteiger partial charge in [0.05, 0.1) is 24.6 Å². The zero-order valence-electron chi connectivity index (χ0n) is 22.9. The number of rotatable bonds is 11. The zero-order valence-corrected chi connectivity index (χ0v) is 23.8. The summed E-state index contributed by atoms with van der Waals surface area (Å²) in [6.07, 6.45) is 3.77. The molecule has 13 nitrogen and oxygen atoms in total. The van der Waals surface area contributed by atoms with Gasteiger partial charge < -0.3 is 29.8 Å². The largest absolute Gasteiger partial charge is 0.379 e. The SMILES string of the molecule is CC(C)c1sc(NC(=O)c2cc(NC(=O)c3cc(NC=O)cn3C)cn2C)nc1C(=O)NCCN1CCOCC1. The number of carbonyl (C=O) groups excluding carboxylic acids is 4. The molecule has 0 unspecified atom stereocenters.